The molecule has 1 aliphatic heterocycles. The highest BCUT2D eigenvalue weighted by atomic mass is 16.5. The first-order valence-corrected chi connectivity index (χ1v) is 15.1. The predicted octanol–water partition coefficient (Wildman–Crippen LogP) is 9.17. The molecule has 3 fully saturated rings. The molecule has 0 unspecified atom stereocenters. The van der Waals surface area contributed by atoms with E-state index >= 15 is 0 Å². The number of ether oxygens (including phenoxy) is 1. The van der Waals surface area contributed by atoms with E-state index in [1.807, 2.05) is 0 Å². The molecular weight excluding hydrogens is 450 g/mol. The lowest BCUT2D eigenvalue weighted by molar-refractivity contribution is -0.158. The molecule has 6 atom stereocenters. The zero-order chi connectivity index (χ0) is 26.6. The number of aryl methyl sites for hydroxylation is 1. The van der Waals surface area contributed by atoms with Crippen LogP contribution >= 0.6 is 0 Å². The summed E-state index contributed by atoms with van der Waals surface area (Å²) in [5.41, 5.74) is 8.88. The molecular formula is C35H49NO. The first-order chi connectivity index (χ1) is 17.2. The van der Waals surface area contributed by atoms with E-state index in [9.17, 15) is 5.26 Å². The molecule has 37 heavy (non-hydrogen) atoms. The van der Waals surface area contributed by atoms with Crippen molar-refractivity contribution in [1.82, 2.24) is 0 Å². The average Bonchev–Trinajstić information content (AvgIpc) is 2.83. The summed E-state index contributed by atoms with van der Waals surface area (Å²) in [7, 11) is 0. The van der Waals surface area contributed by atoms with Gasteiger partial charge in [-0.15, -0.1) is 0 Å². The number of nitriles is 1. The van der Waals surface area contributed by atoms with Gasteiger partial charge in [-0.05, 0) is 135 Å². The van der Waals surface area contributed by atoms with Crippen LogP contribution < -0.4 is 4.74 Å². The normalized spacial score (nSPS) is 43.5. The Morgan fingerprint density at radius 2 is 1.68 bits per heavy atom. The number of benzene rings is 1. The summed E-state index contributed by atoms with van der Waals surface area (Å²) in [6.45, 7) is 19.7. The summed E-state index contributed by atoms with van der Waals surface area (Å²) in [6, 6.07) is 5.13. The van der Waals surface area contributed by atoms with Crippen LogP contribution in [-0.2, 0) is 18.3 Å². The number of rotatable bonds is 1. The van der Waals surface area contributed by atoms with Crippen molar-refractivity contribution in [2.45, 2.75) is 137 Å². The average molecular weight is 500 g/mol. The monoisotopic (exact) mass is 499 g/mol. The second-order valence-electron chi connectivity index (χ2n) is 15.8. The van der Waals surface area contributed by atoms with Gasteiger partial charge in [0.05, 0.1) is 6.07 Å². The van der Waals surface area contributed by atoms with Gasteiger partial charge in [0.15, 0.2) is 0 Å². The molecule has 2 nitrogen and oxygen atoms in total. The fourth-order valence-electron chi connectivity index (χ4n) is 10.3. The van der Waals surface area contributed by atoms with E-state index in [2.05, 4.69) is 73.6 Å². The number of hydrogen-bond acceptors (Lipinski definition) is 2. The maximum atomic E-state index is 9.64. The lowest BCUT2D eigenvalue weighted by atomic mass is 9.34. The molecule has 2 heteroatoms. The summed E-state index contributed by atoms with van der Waals surface area (Å²) in [5, 5.41) is 9.64. The van der Waals surface area contributed by atoms with Crippen LogP contribution in [0.5, 0.6) is 5.75 Å². The van der Waals surface area contributed by atoms with E-state index < -0.39 is 0 Å². The number of nitrogens with zero attached hydrogens (tertiary/aromatic N) is 1. The van der Waals surface area contributed by atoms with Crippen molar-refractivity contribution in [3.05, 3.63) is 40.0 Å². The molecule has 0 saturated heterocycles. The molecule has 3 saturated carbocycles. The SMILES string of the molecule is Cc1c2c(cc3c1OC(C)(C)CC3)[C@]1(C)CC[C@@]3(C)[C@@H]4C[C@](C)(CC#N)CC[C@]4(C)CC[C@]3(C)C1=CC2. The topological polar surface area (TPSA) is 33.0 Å². The molecule has 200 valence electrons. The Morgan fingerprint density at radius 1 is 0.946 bits per heavy atom. The fraction of sp³-hybridized carbons (Fsp3) is 0.743. The smallest absolute Gasteiger partial charge is 0.126 e. The molecule has 6 rings (SSSR count). The highest BCUT2D eigenvalue weighted by molar-refractivity contribution is 5.59. The molecule has 5 aliphatic rings. The van der Waals surface area contributed by atoms with Gasteiger partial charge in [-0.1, -0.05) is 52.3 Å². The van der Waals surface area contributed by atoms with Gasteiger partial charge >= 0.3 is 0 Å². The van der Waals surface area contributed by atoms with Crippen molar-refractivity contribution in [3.8, 4) is 11.8 Å². The third kappa shape index (κ3) is 3.34. The zero-order valence-electron chi connectivity index (χ0n) is 24.9. The third-order valence-electron chi connectivity index (χ3n) is 13.1. The maximum absolute atomic E-state index is 9.64. The Labute approximate surface area is 226 Å². The lowest BCUT2D eigenvalue weighted by Crippen LogP contribution is -2.62. The number of fused-ring (bicyclic) bond motifs is 8. The van der Waals surface area contributed by atoms with Crippen LogP contribution in [0.25, 0.3) is 0 Å². The van der Waals surface area contributed by atoms with Gasteiger partial charge in [-0.25, -0.2) is 0 Å². The minimum Gasteiger partial charge on any atom is -0.487 e. The summed E-state index contributed by atoms with van der Waals surface area (Å²) < 4.78 is 6.57. The van der Waals surface area contributed by atoms with Crippen LogP contribution in [0.3, 0.4) is 0 Å². The highest BCUT2D eigenvalue weighted by Gasteiger charge is 2.66. The Morgan fingerprint density at radius 3 is 2.41 bits per heavy atom. The molecule has 0 radical (unpaired) electrons. The third-order valence-corrected chi connectivity index (χ3v) is 13.1. The minimum atomic E-state index is -0.0690. The van der Waals surface area contributed by atoms with Crippen LogP contribution in [0.1, 0.15) is 129 Å². The molecule has 1 heterocycles. The van der Waals surface area contributed by atoms with Gasteiger partial charge in [-0.2, -0.15) is 5.26 Å². The highest BCUT2D eigenvalue weighted by Crippen LogP contribution is 2.74. The number of hydrogen-bond donors (Lipinski definition) is 0. The molecule has 0 aromatic heterocycles. The van der Waals surface area contributed by atoms with Crippen LogP contribution in [-0.4, -0.2) is 5.60 Å². The van der Waals surface area contributed by atoms with Gasteiger partial charge in [0.2, 0.25) is 0 Å². The van der Waals surface area contributed by atoms with Crippen LogP contribution in [0.4, 0.5) is 0 Å². The quantitative estimate of drug-likeness (QED) is 0.361. The van der Waals surface area contributed by atoms with Crippen molar-refractivity contribution in [2.24, 2.45) is 27.6 Å². The van der Waals surface area contributed by atoms with Gasteiger partial charge in [0.1, 0.15) is 11.4 Å². The Hall–Kier alpha value is -1.75. The molecule has 1 aromatic rings. The first-order valence-electron chi connectivity index (χ1n) is 15.1. The predicted molar refractivity (Wildman–Crippen MR) is 152 cm³/mol. The zero-order valence-corrected chi connectivity index (χ0v) is 24.9. The summed E-state index contributed by atoms with van der Waals surface area (Å²) in [6.07, 6.45) is 15.6. The largest absolute Gasteiger partial charge is 0.487 e. The standard InChI is InChI=1S/C35H49NO/c1-23-25-9-10-27-33(6,26(25)21-24-11-12-30(2,3)37-29(23)24)16-18-35(8)28-22-31(4,19-20-36)13-14-32(28,5)15-17-34(27,35)7/h10,21,28H,9,11-19,22H2,1-8H3/t28-,31+,32-,33+,34-,35+/m1/s1. The van der Waals surface area contributed by atoms with Crippen molar-refractivity contribution < 1.29 is 4.74 Å². The summed E-state index contributed by atoms with van der Waals surface area (Å²) in [4.78, 5) is 0. The molecule has 0 amide bonds. The Bertz CT molecular complexity index is 1230. The van der Waals surface area contributed by atoms with Gasteiger partial charge in [-0.3, -0.25) is 0 Å². The summed E-state index contributed by atoms with van der Waals surface area (Å²) in [5.74, 6) is 1.87. The van der Waals surface area contributed by atoms with E-state index in [1.165, 1.54) is 67.4 Å². The molecule has 1 aromatic carbocycles. The van der Waals surface area contributed by atoms with Crippen molar-refractivity contribution in [3.63, 3.8) is 0 Å². The fourth-order valence-corrected chi connectivity index (χ4v) is 10.3. The Kier molecular flexibility index (Phi) is 5.29. The van der Waals surface area contributed by atoms with Crippen LogP contribution in [0.15, 0.2) is 17.7 Å². The van der Waals surface area contributed by atoms with E-state index in [4.69, 9.17) is 4.74 Å². The summed E-state index contributed by atoms with van der Waals surface area (Å²) >= 11 is 0. The molecule has 0 N–H and O–H groups in total. The van der Waals surface area contributed by atoms with Crippen LogP contribution in [0, 0.1) is 45.8 Å². The minimum absolute atomic E-state index is 0.0690. The van der Waals surface area contributed by atoms with Crippen molar-refractivity contribution >= 4 is 0 Å². The molecule has 0 bridgehead atoms. The van der Waals surface area contributed by atoms with E-state index in [1.54, 1.807) is 11.1 Å². The van der Waals surface area contributed by atoms with E-state index in [-0.39, 0.29) is 27.3 Å². The van der Waals surface area contributed by atoms with Gasteiger partial charge < -0.3 is 4.74 Å². The second kappa shape index (κ2) is 7.67. The number of allylic oxidation sites excluding steroid dienone is 2. The maximum Gasteiger partial charge on any atom is 0.126 e. The molecule has 0 spiro atoms. The lowest BCUT2D eigenvalue weighted by Gasteiger charge is -2.70. The molecule has 4 aliphatic carbocycles. The first kappa shape index (κ1) is 25.5. The van der Waals surface area contributed by atoms with E-state index in [0.717, 1.165) is 19.3 Å². The Balaban J connectivity index is 1.43. The van der Waals surface area contributed by atoms with Gasteiger partial charge in [0, 0.05) is 11.8 Å². The van der Waals surface area contributed by atoms with Crippen molar-refractivity contribution in [1.29, 1.82) is 5.26 Å². The van der Waals surface area contributed by atoms with Crippen LogP contribution in [0.2, 0.25) is 0 Å². The van der Waals surface area contributed by atoms with Crippen molar-refractivity contribution in [2.75, 3.05) is 0 Å². The van der Waals surface area contributed by atoms with Gasteiger partial charge in [0.25, 0.3) is 0 Å². The second-order valence-corrected chi connectivity index (χ2v) is 15.8. The van der Waals surface area contributed by atoms with E-state index in [0.29, 0.717) is 17.8 Å².